The number of carbonyl (C=O) groups is 2. The van der Waals surface area contributed by atoms with E-state index >= 15 is 0 Å². The van der Waals surface area contributed by atoms with E-state index < -0.39 is 17.7 Å². The number of hydrogen-bond acceptors (Lipinski definition) is 5. The van der Waals surface area contributed by atoms with E-state index in [0.29, 0.717) is 32.6 Å². The number of likely N-dealkylation sites (tertiary alicyclic amines) is 1. The largest absolute Gasteiger partial charge is 0.392 e. The van der Waals surface area contributed by atoms with Gasteiger partial charge < -0.3 is 5.11 Å². The summed E-state index contributed by atoms with van der Waals surface area (Å²) in [6.45, 7) is 9.45. The minimum atomic E-state index is -0.671. The van der Waals surface area contributed by atoms with Crippen molar-refractivity contribution in [3.63, 3.8) is 0 Å². The number of imide groups is 1. The number of benzene rings is 1. The molecule has 4 rings (SSSR count). The van der Waals surface area contributed by atoms with Crippen molar-refractivity contribution < 1.29 is 14.7 Å². The second-order valence-corrected chi connectivity index (χ2v) is 9.51. The lowest BCUT2D eigenvalue weighted by Gasteiger charge is -2.59. The van der Waals surface area contributed by atoms with E-state index in [-0.39, 0.29) is 17.2 Å². The lowest BCUT2D eigenvalue weighted by Crippen LogP contribution is -2.81. The number of amides is 2. The molecule has 146 valence electrons. The van der Waals surface area contributed by atoms with E-state index in [4.69, 9.17) is 0 Å². The topological polar surface area (TPSA) is 64.1 Å². The van der Waals surface area contributed by atoms with Gasteiger partial charge >= 0.3 is 0 Å². The molecule has 3 aliphatic heterocycles. The van der Waals surface area contributed by atoms with Crippen LogP contribution in [0.5, 0.6) is 0 Å². The standard InChI is InChI=1S/C21H29N3O3/c1-20(2,3)12-22-13-21(14-22)19(27)23(10-15-7-5-4-6-8-15)18(26)17-9-16(25)11-24(17)21/h4-8,16-17,25H,9-14H2,1-3H3/t16-,17+/m1/s1. The molecule has 1 spiro atoms. The summed E-state index contributed by atoms with van der Waals surface area (Å²) < 4.78 is 0. The van der Waals surface area contributed by atoms with Crippen molar-refractivity contribution in [1.29, 1.82) is 0 Å². The first kappa shape index (κ1) is 18.6. The molecule has 0 aliphatic carbocycles. The molecular weight excluding hydrogens is 342 g/mol. The van der Waals surface area contributed by atoms with Crippen LogP contribution in [-0.2, 0) is 16.1 Å². The molecule has 2 amide bonds. The SMILES string of the molecule is CC(C)(C)CN1CC2(C1)C(=O)N(Cc1ccccc1)C(=O)[C@@H]1C[C@@H](O)CN12. The molecule has 1 N–H and O–H groups in total. The Morgan fingerprint density at radius 1 is 1.15 bits per heavy atom. The maximum absolute atomic E-state index is 13.5. The number of nitrogens with zero attached hydrogens (tertiary/aromatic N) is 3. The van der Waals surface area contributed by atoms with Crippen LogP contribution in [0.3, 0.4) is 0 Å². The van der Waals surface area contributed by atoms with E-state index in [1.54, 1.807) is 0 Å². The number of β-amino-alcohol motifs (C(OH)–C–C–N with tert-alkyl or cyclic N) is 1. The van der Waals surface area contributed by atoms with Gasteiger partial charge in [-0.15, -0.1) is 0 Å². The van der Waals surface area contributed by atoms with Crippen LogP contribution in [0.25, 0.3) is 0 Å². The molecule has 2 atom stereocenters. The van der Waals surface area contributed by atoms with Crippen molar-refractivity contribution >= 4 is 11.8 Å². The van der Waals surface area contributed by atoms with Crippen LogP contribution < -0.4 is 0 Å². The lowest BCUT2D eigenvalue weighted by molar-refractivity contribution is -0.181. The van der Waals surface area contributed by atoms with E-state index in [1.807, 2.05) is 35.2 Å². The Morgan fingerprint density at radius 2 is 1.81 bits per heavy atom. The summed E-state index contributed by atoms with van der Waals surface area (Å²) in [7, 11) is 0. The Morgan fingerprint density at radius 3 is 2.44 bits per heavy atom. The van der Waals surface area contributed by atoms with Crippen LogP contribution in [0.4, 0.5) is 0 Å². The number of piperazine rings is 1. The molecule has 6 heteroatoms. The minimum Gasteiger partial charge on any atom is -0.392 e. The molecule has 3 fully saturated rings. The van der Waals surface area contributed by atoms with Gasteiger partial charge in [0.15, 0.2) is 0 Å². The van der Waals surface area contributed by atoms with E-state index in [0.717, 1.165) is 12.1 Å². The zero-order valence-electron chi connectivity index (χ0n) is 16.4. The third-order valence-corrected chi connectivity index (χ3v) is 5.87. The van der Waals surface area contributed by atoms with Crippen molar-refractivity contribution in [2.24, 2.45) is 5.41 Å². The zero-order valence-corrected chi connectivity index (χ0v) is 16.4. The zero-order chi connectivity index (χ0) is 19.4. The van der Waals surface area contributed by atoms with Gasteiger partial charge in [-0.3, -0.25) is 24.3 Å². The molecule has 0 bridgehead atoms. The van der Waals surface area contributed by atoms with Gasteiger partial charge in [0.2, 0.25) is 5.91 Å². The smallest absolute Gasteiger partial charge is 0.252 e. The first-order chi connectivity index (χ1) is 12.7. The van der Waals surface area contributed by atoms with Crippen molar-refractivity contribution in [3.05, 3.63) is 35.9 Å². The summed E-state index contributed by atoms with van der Waals surface area (Å²) in [5.41, 5.74) is 0.436. The fraction of sp³-hybridized carbons (Fsp3) is 0.619. The summed E-state index contributed by atoms with van der Waals surface area (Å²) in [5.74, 6) is -0.271. The van der Waals surface area contributed by atoms with Gasteiger partial charge in [-0.25, -0.2) is 0 Å². The molecular formula is C21H29N3O3. The summed E-state index contributed by atoms with van der Waals surface area (Å²) in [6.07, 6.45) is -0.129. The van der Waals surface area contributed by atoms with Gasteiger partial charge in [-0.2, -0.15) is 0 Å². The quantitative estimate of drug-likeness (QED) is 0.806. The third kappa shape index (κ3) is 3.20. The number of aliphatic hydroxyl groups is 1. The van der Waals surface area contributed by atoms with Crippen LogP contribution in [0.1, 0.15) is 32.8 Å². The average Bonchev–Trinajstić information content (AvgIpc) is 2.96. The molecule has 1 aromatic rings. The molecule has 3 aliphatic rings. The second-order valence-electron chi connectivity index (χ2n) is 9.51. The normalized spacial score (nSPS) is 28.5. The molecule has 1 aromatic carbocycles. The van der Waals surface area contributed by atoms with Crippen LogP contribution in [0, 0.1) is 5.41 Å². The Bertz CT molecular complexity index is 737. The summed E-state index contributed by atoms with van der Waals surface area (Å²) in [6, 6.07) is 9.26. The molecule has 0 radical (unpaired) electrons. The van der Waals surface area contributed by atoms with E-state index in [9.17, 15) is 14.7 Å². The van der Waals surface area contributed by atoms with Gasteiger partial charge in [0.1, 0.15) is 5.54 Å². The number of hydrogen-bond donors (Lipinski definition) is 1. The summed E-state index contributed by atoms with van der Waals surface area (Å²) in [4.78, 5) is 32.2. The highest BCUT2D eigenvalue weighted by Crippen LogP contribution is 2.41. The number of carbonyl (C=O) groups excluding carboxylic acids is 2. The Hall–Kier alpha value is -1.76. The molecule has 0 unspecified atom stereocenters. The van der Waals surface area contributed by atoms with Gasteiger partial charge in [0.05, 0.1) is 18.7 Å². The predicted octanol–water partition coefficient (Wildman–Crippen LogP) is 1.09. The van der Waals surface area contributed by atoms with E-state index in [1.165, 1.54) is 4.90 Å². The van der Waals surface area contributed by atoms with Crippen LogP contribution >= 0.6 is 0 Å². The molecule has 0 aromatic heterocycles. The predicted molar refractivity (Wildman–Crippen MR) is 102 cm³/mol. The molecule has 3 heterocycles. The van der Waals surface area contributed by atoms with Gasteiger partial charge in [0, 0.05) is 26.2 Å². The van der Waals surface area contributed by atoms with Crippen LogP contribution in [0.15, 0.2) is 30.3 Å². The Balaban J connectivity index is 1.60. The van der Waals surface area contributed by atoms with Crippen molar-refractivity contribution in [3.8, 4) is 0 Å². The second kappa shape index (κ2) is 6.40. The fourth-order valence-electron chi connectivity index (χ4n) is 4.88. The van der Waals surface area contributed by atoms with Gasteiger partial charge in [-0.1, -0.05) is 51.1 Å². The molecule has 6 nitrogen and oxygen atoms in total. The molecule has 3 saturated heterocycles. The fourth-order valence-corrected chi connectivity index (χ4v) is 4.88. The number of rotatable bonds is 3. The highest BCUT2D eigenvalue weighted by molar-refractivity contribution is 6.06. The summed E-state index contributed by atoms with van der Waals surface area (Å²) in [5, 5.41) is 10.2. The highest BCUT2D eigenvalue weighted by atomic mass is 16.3. The van der Waals surface area contributed by atoms with Gasteiger partial charge in [-0.05, 0) is 17.4 Å². The minimum absolute atomic E-state index is 0.105. The monoisotopic (exact) mass is 371 g/mol. The molecule has 0 saturated carbocycles. The van der Waals surface area contributed by atoms with Gasteiger partial charge in [0.25, 0.3) is 5.91 Å². The lowest BCUT2D eigenvalue weighted by atomic mass is 9.80. The molecule has 27 heavy (non-hydrogen) atoms. The maximum atomic E-state index is 13.5. The summed E-state index contributed by atoms with van der Waals surface area (Å²) >= 11 is 0. The number of fused-ring (bicyclic) bond motifs is 2. The van der Waals surface area contributed by atoms with Crippen molar-refractivity contribution in [2.45, 2.75) is 51.4 Å². The first-order valence-corrected chi connectivity index (χ1v) is 9.76. The Kier molecular flexibility index (Phi) is 4.41. The van der Waals surface area contributed by atoms with E-state index in [2.05, 4.69) is 25.7 Å². The maximum Gasteiger partial charge on any atom is 0.252 e. The first-order valence-electron chi connectivity index (χ1n) is 9.76. The van der Waals surface area contributed by atoms with Crippen LogP contribution in [0.2, 0.25) is 0 Å². The van der Waals surface area contributed by atoms with Crippen molar-refractivity contribution in [2.75, 3.05) is 26.2 Å². The van der Waals surface area contributed by atoms with Crippen molar-refractivity contribution in [1.82, 2.24) is 14.7 Å². The number of aliphatic hydroxyl groups excluding tert-OH is 1. The Labute approximate surface area is 160 Å². The van der Waals surface area contributed by atoms with Crippen LogP contribution in [-0.4, -0.2) is 75.5 Å². The third-order valence-electron chi connectivity index (χ3n) is 5.87. The highest BCUT2D eigenvalue weighted by Gasteiger charge is 2.64. The average molecular weight is 371 g/mol.